The molecule has 0 aliphatic rings. The number of hydrogen-bond donors (Lipinski definition) is 0. The van der Waals surface area contributed by atoms with Crippen LogP contribution >= 0.6 is 0 Å². The zero-order valence-corrected chi connectivity index (χ0v) is 8.04. The second kappa shape index (κ2) is 3.25. The predicted octanol–water partition coefficient (Wildman–Crippen LogP) is 3.10. The van der Waals surface area contributed by atoms with Crippen LogP contribution in [0.4, 0.5) is 4.39 Å². The maximum absolute atomic E-state index is 12.8. The average molecular weight is 191 g/mol. The van der Waals surface area contributed by atoms with Crippen molar-refractivity contribution < 1.29 is 8.81 Å². The van der Waals surface area contributed by atoms with E-state index < -0.39 is 0 Å². The van der Waals surface area contributed by atoms with E-state index in [0.717, 1.165) is 16.9 Å². The van der Waals surface area contributed by atoms with Crippen molar-refractivity contribution in [1.82, 2.24) is 4.98 Å². The molecule has 1 heterocycles. The van der Waals surface area contributed by atoms with Gasteiger partial charge in [-0.1, -0.05) is 0 Å². The largest absolute Gasteiger partial charge is 0.441 e. The minimum Gasteiger partial charge on any atom is -0.441 e. The third-order valence-electron chi connectivity index (χ3n) is 2.04. The highest BCUT2D eigenvalue weighted by Gasteiger charge is 2.07. The van der Waals surface area contributed by atoms with Gasteiger partial charge in [0.1, 0.15) is 11.6 Å². The summed E-state index contributed by atoms with van der Waals surface area (Å²) in [6, 6.07) is 4.55. The van der Waals surface area contributed by atoms with E-state index in [1.54, 1.807) is 12.3 Å². The molecule has 0 aliphatic carbocycles. The molecule has 0 saturated carbocycles. The molecule has 1 aromatic carbocycles. The van der Waals surface area contributed by atoms with Crippen LogP contribution in [0.25, 0.3) is 11.5 Å². The maximum atomic E-state index is 12.8. The van der Waals surface area contributed by atoms with Gasteiger partial charge in [-0.2, -0.15) is 0 Å². The van der Waals surface area contributed by atoms with Crippen LogP contribution in [0.3, 0.4) is 0 Å². The van der Waals surface area contributed by atoms with Gasteiger partial charge in [-0.05, 0) is 37.6 Å². The lowest BCUT2D eigenvalue weighted by Gasteiger charge is -2.00. The Morgan fingerprint density at radius 3 is 2.64 bits per heavy atom. The summed E-state index contributed by atoms with van der Waals surface area (Å²) in [6.07, 6.45) is 1.65. The van der Waals surface area contributed by atoms with Gasteiger partial charge in [0.15, 0.2) is 0 Å². The second-order valence-electron chi connectivity index (χ2n) is 3.24. The van der Waals surface area contributed by atoms with Crippen molar-refractivity contribution in [1.29, 1.82) is 0 Å². The summed E-state index contributed by atoms with van der Waals surface area (Å²) in [5.41, 5.74) is 1.66. The highest BCUT2D eigenvalue weighted by molar-refractivity contribution is 5.58. The Bertz CT molecular complexity index is 462. The van der Waals surface area contributed by atoms with Gasteiger partial charge in [-0.15, -0.1) is 0 Å². The second-order valence-corrected chi connectivity index (χ2v) is 3.24. The molecule has 0 saturated heterocycles. The van der Waals surface area contributed by atoms with Crippen molar-refractivity contribution in [3.8, 4) is 11.5 Å². The van der Waals surface area contributed by atoms with Gasteiger partial charge in [-0.3, -0.25) is 0 Å². The van der Waals surface area contributed by atoms with Crippen LogP contribution in [0.1, 0.15) is 11.3 Å². The van der Waals surface area contributed by atoms with Gasteiger partial charge in [-0.25, -0.2) is 9.37 Å². The highest BCUT2D eigenvalue weighted by atomic mass is 19.1. The maximum Gasteiger partial charge on any atom is 0.226 e. The Morgan fingerprint density at radius 1 is 1.29 bits per heavy atom. The Morgan fingerprint density at radius 2 is 2.07 bits per heavy atom. The smallest absolute Gasteiger partial charge is 0.226 e. The van der Waals surface area contributed by atoms with Crippen LogP contribution in [-0.2, 0) is 0 Å². The summed E-state index contributed by atoms with van der Waals surface area (Å²) in [6.45, 7) is 3.66. The first-order valence-electron chi connectivity index (χ1n) is 4.36. The van der Waals surface area contributed by atoms with Gasteiger partial charge < -0.3 is 4.42 Å². The van der Waals surface area contributed by atoms with E-state index in [9.17, 15) is 4.39 Å². The summed E-state index contributed by atoms with van der Waals surface area (Å²) < 4.78 is 18.2. The molecule has 0 atom stereocenters. The molecular weight excluding hydrogens is 181 g/mol. The minimum absolute atomic E-state index is 0.241. The highest BCUT2D eigenvalue weighted by Crippen LogP contribution is 2.23. The molecular formula is C11H10FNO. The normalized spacial score (nSPS) is 10.5. The average Bonchev–Trinajstić information content (AvgIpc) is 2.51. The van der Waals surface area contributed by atoms with E-state index in [1.165, 1.54) is 12.1 Å². The Balaban J connectivity index is 2.52. The number of rotatable bonds is 1. The molecule has 0 bridgehead atoms. The topological polar surface area (TPSA) is 26.0 Å². The van der Waals surface area contributed by atoms with Crippen molar-refractivity contribution in [2.75, 3.05) is 0 Å². The number of aromatic nitrogens is 1. The molecule has 2 aromatic rings. The van der Waals surface area contributed by atoms with Crippen LogP contribution in [0, 0.1) is 19.7 Å². The summed E-state index contributed by atoms with van der Waals surface area (Å²) in [5, 5.41) is 0. The Hall–Kier alpha value is -1.64. The molecule has 1 aromatic heterocycles. The van der Waals surface area contributed by atoms with E-state index in [-0.39, 0.29) is 5.82 Å². The van der Waals surface area contributed by atoms with Gasteiger partial charge in [0.2, 0.25) is 5.89 Å². The fourth-order valence-electron chi connectivity index (χ4n) is 1.35. The Labute approximate surface area is 81.4 Å². The molecule has 0 unspecified atom stereocenters. The summed E-state index contributed by atoms with van der Waals surface area (Å²) in [5.74, 6) is 1.05. The van der Waals surface area contributed by atoms with Crippen molar-refractivity contribution >= 4 is 0 Å². The third kappa shape index (κ3) is 1.53. The number of halogens is 1. The number of hydrogen-bond acceptors (Lipinski definition) is 2. The summed E-state index contributed by atoms with van der Waals surface area (Å²) in [4.78, 5) is 4.09. The fourth-order valence-corrected chi connectivity index (χ4v) is 1.35. The molecule has 3 heteroatoms. The standard InChI is InChI=1S/C11H10FNO/c1-7-5-9(12)3-4-10(7)11-13-6-8(2)14-11/h3-6H,1-2H3. The first-order valence-corrected chi connectivity index (χ1v) is 4.36. The van der Waals surface area contributed by atoms with Gasteiger partial charge in [0.05, 0.1) is 6.20 Å². The molecule has 0 aliphatic heterocycles. The molecule has 14 heavy (non-hydrogen) atoms. The number of nitrogens with zero attached hydrogens (tertiary/aromatic N) is 1. The predicted molar refractivity (Wildman–Crippen MR) is 51.4 cm³/mol. The van der Waals surface area contributed by atoms with Crippen LogP contribution < -0.4 is 0 Å². The molecule has 0 amide bonds. The van der Waals surface area contributed by atoms with Gasteiger partial charge in [0, 0.05) is 5.56 Å². The van der Waals surface area contributed by atoms with Crippen molar-refractivity contribution in [3.63, 3.8) is 0 Å². The number of aryl methyl sites for hydroxylation is 2. The van der Waals surface area contributed by atoms with Crippen molar-refractivity contribution in [3.05, 3.63) is 41.5 Å². The van der Waals surface area contributed by atoms with E-state index in [2.05, 4.69) is 4.98 Å². The van der Waals surface area contributed by atoms with Gasteiger partial charge in [0.25, 0.3) is 0 Å². The lowest BCUT2D eigenvalue weighted by atomic mass is 10.1. The van der Waals surface area contributed by atoms with Crippen LogP contribution in [0.5, 0.6) is 0 Å². The lowest BCUT2D eigenvalue weighted by Crippen LogP contribution is -1.84. The summed E-state index contributed by atoms with van der Waals surface area (Å²) in [7, 11) is 0. The zero-order chi connectivity index (χ0) is 10.1. The zero-order valence-electron chi connectivity index (χ0n) is 8.04. The van der Waals surface area contributed by atoms with E-state index in [0.29, 0.717) is 5.89 Å². The van der Waals surface area contributed by atoms with Crippen LogP contribution in [0.15, 0.2) is 28.8 Å². The van der Waals surface area contributed by atoms with Crippen molar-refractivity contribution in [2.24, 2.45) is 0 Å². The first-order chi connectivity index (χ1) is 6.66. The molecule has 2 rings (SSSR count). The van der Waals surface area contributed by atoms with Crippen molar-refractivity contribution in [2.45, 2.75) is 13.8 Å². The number of benzene rings is 1. The molecule has 0 spiro atoms. The molecule has 2 nitrogen and oxygen atoms in total. The molecule has 72 valence electrons. The Kier molecular flexibility index (Phi) is 2.08. The first kappa shape index (κ1) is 8.94. The van der Waals surface area contributed by atoms with E-state index >= 15 is 0 Å². The molecule has 0 N–H and O–H groups in total. The SMILES string of the molecule is Cc1cnc(-c2ccc(F)cc2C)o1. The number of oxazole rings is 1. The summed E-state index contributed by atoms with van der Waals surface area (Å²) >= 11 is 0. The lowest BCUT2D eigenvalue weighted by molar-refractivity contribution is 0.542. The quantitative estimate of drug-likeness (QED) is 0.692. The molecule has 0 radical (unpaired) electrons. The van der Waals surface area contributed by atoms with Gasteiger partial charge >= 0.3 is 0 Å². The van der Waals surface area contributed by atoms with Crippen LogP contribution in [-0.4, -0.2) is 4.98 Å². The van der Waals surface area contributed by atoms with E-state index in [4.69, 9.17) is 4.42 Å². The molecule has 0 fully saturated rings. The third-order valence-corrected chi connectivity index (χ3v) is 2.04. The monoisotopic (exact) mass is 191 g/mol. The van der Waals surface area contributed by atoms with E-state index in [1.807, 2.05) is 13.8 Å². The fraction of sp³-hybridized carbons (Fsp3) is 0.182. The minimum atomic E-state index is -0.241. The van der Waals surface area contributed by atoms with Crippen LogP contribution in [0.2, 0.25) is 0 Å².